The van der Waals surface area contributed by atoms with Gasteiger partial charge in [-0.1, -0.05) is 25.3 Å². The van der Waals surface area contributed by atoms with Crippen LogP contribution in [0.1, 0.15) is 39.0 Å². The molecule has 0 bridgehead atoms. The molecule has 1 saturated carbocycles. The summed E-state index contributed by atoms with van der Waals surface area (Å²) in [5.74, 6) is 0.995. The van der Waals surface area contributed by atoms with Crippen LogP contribution < -0.4 is 15.0 Å². The Kier molecular flexibility index (Phi) is 3.32. The van der Waals surface area contributed by atoms with E-state index >= 15 is 0 Å². The minimum Gasteiger partial charge on any atom is -0.495 e. The van der Waals surface area contributed by atoms with E-state index in [4.69, 9.17) is 4.74 Å². The van der Waals surface area contributed by atoms with Gasteiger partial charge in [0, 0.05) is 6.54 Å². The number of carbonyl (C=O) groups excluding carboxylic acids is 1. The van der Waals surface area contributed by atoms with E-state index in [-0.39, 0.29) is 11.4 Å². The van der Waals surface area contributed by atoms with E-state index < -0.39 is 0 Å². The fourth-order valence-electron chi connectivity index (χ4n) is 3.74. The zero-order valence-electron chi connectivity index (χ0n) is 12.2. The van der Waals surface area contributed by atoms with E-state index in [1.807, 2.05) is 18.2 Å². The largest absolute Gasteiger partial charge is 0.495 e. The number of benzene rings is 1. The minimum atomic E-state index is -0.380. The fraction of sp³-hybridized carbons (Fsp3) is 0.562. The minimum absolute atomic E-state index is 0.153. The van der Waals surface area contributed by atoms with Crippen molar-refractivity contribution in [3.05, 3.63) is 18.2 Å². The van der Waals surface area contributed by atoms with Crippen molar-refractivity contribution in [2.24, 2.45) is 0 Å². The van der Waals surface area contributed by atoms with E-state index in [9.17, 15) is 4.79 Å². The molecule has 3 rings (SSSR count). The van der Waals surface area contributed by atoms with Gasteiger partial charge in [-0.05, 0) is 31.9 Å². The lowest BCUT2D eigenvalue weighted by atomic mass is 9.77. The van der Waals surface area contributed by atoms with Crippen LogP contribution >= 0.6 is 0 Å². The number of ether oxygens (including phenoxy) is 1. The highest BCUT2D eigenvalue weighted by atomic mass is 16.5. The molecule has 4 heteroatoms. The number of nitrogens with zero attached hydrogens (tertiary/aromatic N) is 1. The molecule has 1 aromatic carbocycles. The van der Waals surface area contributed by atoms with Crippen LogP contribution in [0.4, 0.5) is 11.4 Å². The van der Waals surface area contributed by atoms with Gasteiger partial charge in [-0.3, -0.25) is 4.79 Å². The van der Waals surface area contributed by atoms with Crippen LogP contribution in [-0.2, 0) is 4.79 Å². The van der Waals surface area contributed by atoms with Crippen LogP contribution in [0.3, 0.4) is 0 Å². The maximum Gasteiger partial charge on any atom is 0.250 e. The number of fused-ring (bicyclic) bond motifs is 1. The van der Waals surface area contributed by atoms with Crippen molar-refractivity contribution < 1.29 is 9.53 Å². The summed E-state index contributed by atoms with van der Waals surface area (Å²) in [6.45, 7) is 2.94. The van der Waals surface area contributed by atoms with E-state index in [1.165, 1.54) is 6.42 Å². The van der Waals surface area contributed by atoms with Gasteiger partial charge in [0.2, 0.25) is 5.91 Å². The smallest absolute Gasteiger partial charge is 0.250 e. The molecule has 2 aliphatic rings. The number of rotatable bonds is 2. The van der Waals surface area contributed by atoms with Crippen molar-refractivity contribution >= 4 is 17.3 Å². The maximum absolute atomic E-state index is 12.7. The summed E-state index contributed by atoms with van der Waals surface area (Å²) < 4.78 is 5.52. The second-order valence-electron chi connectivity index (χ2n) is 5.65. The SMILES string of the molecule is CCN1c2c(cccc2OC)NC(=O)C12CCCCC2. The fourth-order valence-corrected chi connectivity index (χ4v) is 3.74. The molecule has 1 aromatic rings. The summed E-state index contributed by atoms with van der Waals surface area (Å²) in [5.41, 5.74) is 1.53. The first-order chi connectivity index (χ1) is 9.73. The molecule has 1 aliphatic heterocycles. The number of para-hydroxylation sites is 1. The van der Waals surface area contributed by atoms with Crippen LogP contribution in [0.25, 0.3) is 0 Å². The van der Waals surface area contributed by atoms with Crippen molar-refractivity contribution in [1.82, 2.24) is 0 Å². The topological polar surface area (TPSA) is 41.6 Å². The maximum atomic E-state index is 12.7. The van der Waals surface area contributed by atoms with Gasteiger partial charge in [0.05, 0.1) is 12.8 Å². The standard InChI is InChI=1S/C16H22N2O2/c1-3-18-14-12(8-7-9-13(14)20-2)17-15(19)16(18)10-5-4-6-11-16/h7-9H,3-6,10-11H2,1-2H3,(H,17,19). The monoisotopic (exact) mass is 274 g/mol. The first-order valence-corrected chi connectivity index (χ1v) is 7.49. The van der Waals surface area contributed by atoms with Crippen molar-refractivity contribution in [3.8, 4) is 5.75 Å². The number of carbonyl (C=O) groups is 1. The predicted octanol–water partition coefficient (Wildman–Crippen LogP) is 3.18. The highest BCUT2D eigenvalue weighted by Gasteiger charge is 2.48. The lowest BCUT2D eigenvalue weighted by Gasteiger charge is -2.49. The molecule has 0 saturated heterocycles. The first kappa shape index (κ1) is 13.3. The Labute approximate surface area is 120 Å². The first-order valence-electron chi connectivity index (χ1n) is 7.49. The number of likely N-dealkylation sites (N-methyl/N-ethyl adjacent to an activating group) is 1. The number of hydrogen-bond acceptors (Lipinski definition) is 3. The Morgan fingerprint density at radius 1 is 1.30 bits per heavy atom. The lowest BCUT2D eigenvalue weighted by Crippen LogP contribution is -2.60. The highest BCUT2D eigenvalue weighted by molar-refractivity contribution is 6.07. The summed E-state index contributed by atoms with van der Waals surface area (Å²) in [7, 11) is 1.69. The molecule has 1 heterocycles. The third-order valence-corrected chi connectivity index (χ3v) is 4.67. The van der Waals surface area contributed by atoms with E-state index in [1.54, 1.807) is 7.11 Å². The quantitative estimate of drug-likeness (QED) is 0.900. The molecule has 1 aliphatic carbocycles. The van der Waals surface area contributed by atoms with Crippen LogP contribution in [0.5, 0.6) is 5.75 Å². The van der Waals surface area contributed by atoms with Gasteiger partial charge in [0.15, 0.2) is 0 Å². The van der Waals surface area contributed by atoms with Crippen LogP contribution in [-0.4, -0.2) is 25.1 Å². The van der Waals surface area contributed by atoms with Gasteiger partial charge in [0.25, 0.3) is 0 Å². The molecule has 1 N–H and O–H groups in total. The molecule has 0 atom stereocenters. The third kappa shape index (κ3) is 1.78. The molecule has 0 radical (unpaired) electrons. The molecule has 0 aromatic heterocycles. The molecule has 108 valence electrons. The summed E-state index contributed by atoms with van der Waals surface area (Å²) in [4.78, 5) is 15.0. The third-order valence-electron chi connectivity index (χ3n) is 4.67. The Balaban J connectivity index is 2.13. The summed E-state index contributed by atoms with van der Waals surface area (Å²) >= 11 is 0. The van der Waals surface area contributed by atoms with Crippen LogP contribution in [0.2, 0.25) is 0 Å². The zero-order valence-corrected chi connectivity index (χ0v) is 12.2. The summed E-state index contributed by atoms with van der Waals surface area (Å²) in [5, 5.41) is 3.10. The number of anilines is 2. The van der Waals surface area contributed by atoms with Gasteiger partial charge in [-0.25, -0.2) is 0 Å². The lowest BCUT2D eigenvalue weighted by molar-refractivity contribution is -0.122. The zero-order chi connectivity index (χ0) is 14.2. The van der Waals surface area contributed by atoms with Crippen molar-refractivity contribution in [2.75, 3.05) is 23.9 Å². The molecule has 4 nitrogen and oxygen atoms in total. The van der Waals surface area contributed by atoms with Gasteiger partial charge < -0.3 is 15.0 Å². The summed E-state index contributed by atoms with van der Waals surface area (Å²) in [6, 6.07) is 5.84. The molecular weight excluding hydrogens is 252 g/mol. The second-order valence-corrected chi connectivity index (χ2v) is 5.65. The Morgan fingerprint density at radius 2 is 2.05 bits per heavy atom. The molecule has 1 spiro atoms. The van der Waals surface area contributed by atoms with Gasteiger partial charge >= 0.3 is 0 Å². The van der Waals surface area contributed by atoms with E-state index in [0.717, 1.165) is 49.4 Å². The van der Waals surface area contributed by atoms with Gasteiger partial charge in [-0.15, -0.1) is 0 Å². The molecule has 0 unspecified atom stereocenters. The molecular formula is C16H22N2O2. The summed E-state index contributed by atoms with van der Waals surface area (Å²) in [6.07, 6.45) is 5.34. The Morgan fingerprint density at radius 3 is 2.70 bits per heavy atom. The van der Waals surface area contributed by atoms with Crippen LogP contribution in [0.15, 0.2) is 18.2 Å². The normalized spacial score (nSPS) is 20.5. The van der Waals surface area contributed by atoms with E-state index in [2.05, 4.69) is 17.1 Å². The van der Waals surface area contributed by atoms with Crippen LogP contribution in [0, 0.1) is 0 Å². The van der Waals surface area contributed by atoms with Gasteiger partial charge in [-0.2, -0.15) is 0 Å². The second kappa shape index (κ2) is 5.00. The number of methoxy groups -OCH3 is 1. The van der Waals surface area contributed by atoms with Gasteiger partial charge in [0.1, 0.15) is 17.0 Å². The number of nitrogens with one attached hydrogen (secondary N) is 1. The van der Waals surface area contributed by atoms with Crippen molar-refractivity contribution in [2.45, 2.75) is 44.6 Å². The number of hydrogen-bond donors (Lipinski definition) is 1. The number of amides is 1. The molecule has 20 heavy (non-hydrogen) atoms. The van der Waals surface area contributed by atoms with E-state index in [0.29, 0.717) is 0 Å². The highest BCUT2D eigenvalue weighted by Crippen LogP contribution is 2.47. The molecule has 1 amide bonds. The Bertz CT molecular complexity index is 521. The van der Waals surface area contributed by atoms with Crippen molar-refractivity contribution in [3.63, 3.8) is 0 Å². The average molecular weight is 274 g/mol. The average Bonchev–Trinajstić information content (AvgIpc) is 2.49. The van der Waals surface area contributed by atoms with Crippen molar-refractivity contribution in [1.29, 1.82) is 0 Å². The molecule has 1 fully saturated rings. The Hall–Kier alpha value is -1.71. The predicted molar refractivity (Wildman–Crippen MR) is 80.5 cm³/mol.